The number of hydrogen-bond acceptors (Lipinski definition) is 7. The first-order chi connectivity index (χ1) is 18.6. The summed E-state index contributed by atoms with van der Waals surface area (Å²) in [7, 11) is -1.34. The van der Waals surface area contributed by atoms with Gasteiger partial charge in [0.25, 0.3) is 0 Å². The molecule has 214 valence electrons. The van der Waals surface area contributed by atoms with Gasteiger partial charge in [-0.05, 0) is 81.4 Å². The summed E-state index contributed by atoms with van der Waals surface area (Å²) in [6.45, 7) is 6.14. The van der Waals surface area contributed by atoms with E-state index in [4.69, 9.17) is 9.26 Å². The van der Waals surface area contributed by atoms with E-state index in [-0.39, 0.29) is 24.0 Å². The highest BCUT2D eigenvalue weighted by Gasteiger charge is 2.37. The Kier molecular flexibility index (Phi) is 10.1. The van der Waals surface area contributed by atoms with Crippen molar-refractivity contribution in [1.82, 2.24) is 0 Å². The monoisotopic (exact) mass is 575 g/mol. The van der Waals surface area contributed by atoms with E-state index in [1.54, 1.807) is 6.66 Å². The molecule has 39 heavy (non-hydrogen) atoms. The van der Waals surface area contributed by atoms with Crippen LogP contribution in [0.3, 0.4) is 0 Å². The molecule has 2 fully saturated rings. The molecule has 1 aromatic carbocycles. The fourth-order valence-electron chi connectivity index (χ4n) is 5.88. The summed E-state index contributed by atoms with van der Waals surface area (Å²) < 4.78 is 23.2. The van der Waals surface area contributed by atoms with Gasteiger partial charge in [-0.2, -0.15) is 0 Å². The van der Waals surface area contributed by atoms with Crippen LogP contribution in [-0.2, 0) is 24.8 Å². The van der Waals surface area contributed by atoms with E-state index in [1.807, 2.05) is 42.2 Å². The predicted octanol–water partition coefficient (Wildman–Crippen LogP) is 7.11. The number of carbonyl (C=O) groups is 2. The molecule has 0 saturated heterocycles. The van der Waals surface area contributed by atoms with Crippen molar-refractivity contribution in [2.24, 2.45) is 11.8 Å². The Morgan fingerprint density at radius 3 is 2.28 bits per heavy atom. The zero-order chi connectivity index (χ0) is 28.2. The summed E-state index contributed by atoms with van der Waals surface area (Å²) in [4.78, 5) is 30.3. The average molecular weight is 576 g/mol. The molecule has 4 rings (SSSR count). The third-order valence-electron chi connectivity index (χ3n) is 8.09. The van der Waals surface area contributed by atoms with Gasteiger partial charge in [-0.25, -0.2) is 4.79 Å². The molecule has 1 atom stereocenters. The van der Waals surface area contributed by atoms with Gasteiger partial charge < -0.3 is 19.3 Å². The summed E-state index contributed by atoms with van der Waals surface area (Å²) in [6, 6.07) is 9.69. The number of methoxy groups -OCH3 is 1. The average Bonchev–Trinajstić information content (AvgIpc) is 3.35. The van der Waals surface area contributed by atoms with E-state index in [0.717, 1.165) is 41.7 Å². The second kappa shape index (κ2) is 13.1. The molecule has 0 radical (unpaired) electrons. The topological polar surface area (TPSA) is 93.1 Å². The number of hydrogen-bond donors (Lipinski definition) is 1. The number of amides is 1. The first-order valence-corrected chi connectivity index (χ1v) is 17.2. The largest absolute Gasteiger partial charge is 0.465 e. The van der Waals surface area contributed by atoms with Gasteiger partial charge in [0.2, 0.25) is 13.3 Å². The van der Waals surface area contributed by atoms with Crippen molar-refractivity contribution < 1.29 is 28.5 Å². The molecule has 7 nitrogen and oxygen atoms in total. The lowest BCUT2D eigenvalue weighted by Crippen LogP contribution is -2.47. The Bertz CT molecular complexity index is 1180. The molecule has 2 aromatic rings. The van der Waals surface area contributed by atoms with Crippen molar-refractivity contribution in [3.05, 3.63) is 40.8 Å². The molecule has 1 unspecified atom stereocenters. The van der Waals surface area contributed by atoms with Crippen LogP contribution in [0.5, 0.6) is 0 Å². The second-order valence-electron chi connectivity index (χ2n) is 11.2. The maximum Gasteiger partial charge on any atom is 0.350 e. The van der Waals surface area contributed by atoms with Gasteiger partial charge in [-0.15, -0.1) is 11.3 Å². The maximum atomic E-state index is 14.1. The highest BCUT2D eigenvalue weighted by atomic mass is 32.1. The molecule has 2 aliphatic rings. The number of nitrogens with zero attached hydrogens (tertiary/aromatic N) is 1. The van der Waals surface area contributed by atoms with Crippen LogP contribution in [0.4, 0.5) is 5.69 Å². The van der Waals surface area contributed by atoms with Crippen molar-refractivity contribution in [1.29, 1.82) is 0 Å². The normalized spacial score (nSPS) is 25.1. The number of aliphatic hydroxyl groups is 1. The highest BCUT2D eigenvalue weighted by molar-refractivity contribution is 7.57. The number of anilines is 1. The van der Waals surface area contributed by atoms with Crippen LogP contribution in [0.15, 0.2) is 30.3 Å². The molecule has 2 aliphatic carbocycles. The molecule has 1 heterocycles. The fourth-order valence-corrected chi connectivity index (χ4v) is 8.47. The van der Waals surface area contributed by atoms with Crippen molar-refractivity contribution in [3.8, 4) is 10.4 Å². The summed E-state index contributed by atoms with van der Waals surface area (Å²) in [5.74, 6) is 0.204. The van der Waals surface area contributed by atoms with E-state index < -0.39 is 13.3 Å². The van der Waals surface area contributed by atoms with E-state index in [1.165, 1.54) is 18.4 Å². The first kappa shape index (κ1) is 30.0. The Morgan fingerprint density at radius 1 is 1.05 bits per heavy atom. The van der Waals surface area contributed by atoms with Crippen LogP contribution < -0.4 is 4.90 Å². The summed E-state index contributed by atoms with van der Waals surface area (Å²) >= 11 is 1.33. The number of thiophene rings is 1. The van der Waals surface area contributed by atoms with Crippen LogP contribution in [-0.4, -0.2) is 49.5 Å². The van der Waals surface area contributed by atoms with Crippen LogP contribution in [0.2, 0.25) is 0 Å². The number of ether oxygens (including phenoxy) is 1. The van der Waals surface area contributed by atoms with E-state index in [2.05, 4.69) is 6.92 Å². The van der Waals surface area contributed by atoms with Gasteiger partial charge in [-0.3, -0.25) is 9.36 Å². The van der Waals surface area contributed by atoms with Gasteiger partial charge in [0.1, 0.15) is 4.88 Å². The Hall–Kier alpha value is -1.99. The molecule has 0 spiro atoms. The second-order valence-corrected chi connectivity index (χ2v) is 14.9. The quantitative estimate of drug-likeness (QED) is 0.253. The number of rotatable bonds is 9. The van der Waals surface area contributed by atoms with Crippen LogP contribution in [0.25, 0.3) is 10.4 Å². The lowest BCUT2D eigenvalue weighted by Gasteiger charge is -2.38. The Labute approximate surface area is 236 Å². The van der Waals surface area contributed by atoms with Crippen LogP contribution in [0.1, 0.15) is 80.4 Å². The Morgan fingerprint density at radius 2 is 1.69 bits per heavy atom. The van der Waals surface area contributed by atoms with Crippen LogP contribution >= 0.6 is 18.7 Å². The van der Waals surface area contributed by atoms with Gasteiger partial charge >= 0.3 is 5.97 Å². The van der Waals surface area contributed by atoms with Gasteiger partial charge in [0, 0.05) is 29.7 Å². The molecule has 1 N–H and O–H groups in total. The van der Waals surface area contributed by atoms with Crippen molar-refractivity contribution >= 4 is 36.3 Å². The number of carbonyl (C=O) groups excluding carboxylic acids is 2. The lowest BCUT2D eigenvalue weighted by atomic mass is 9.81. The molecule has 0 aliphatic heterocycles. The van der Waals surface area contributed by atoms with E-state index in [9.17, 15) is 19.3 Å². The van der Waals surface area contributed by atoms with Gasteiger partial charge in [0.15, 0.2) is 0 Å². The minimum atomic E-state index is -2.71. The van der Waals surface area contributed by atoms with Crippen molar-refractivity contribution in [3.63, 3.8) is 0 Å². The summed E-state index contributed by atoms with van der Waals surface area (Å²) in [5.41, 5.74) is 2.46. The smallest absolute Gasteiger partial charge is 0.350 e. The molecular weight excluding hydrogens is 533 g/mol. The third-order valence-corrected chi connectivity index (χ3v) is 11.0. The van der Waals surface area contributed by atoms with Gasteiger partial charge in [0.05, 0.1) is 25.5 Å². The maximum absolute atomic E-state index is 14.1. The van der Waals surface area contributed by atoms with Crippen molar-refractivity contribution in [2.45, 2.75) is 83.5 Å². The lowest BCUT2D eigenvalue weighted by molar-refractivity contribution is -0.124. The number of esters is 1. The summed E-state index contributed by atoms with van der Waals surface area (Å²) in [5, 5.41) is 10.2. The molecule has 2 saturated carbocycles. The molecular formula is C30H42NO6PS. The number of benzene rings is 1. The molecule has 1 aromatic heterocycles. The zero-order valence-electron chi connectivity index (χ0n) is 23.6. The van der Waals surface area contributed by atoms with Gasteiger partial charge in [-0.1, -0.05) is 31.2 Å². The first-order valence-electron chi connectivity index (χ1n) is 14.2. The van der Waals surface area contributed by atoms with Crippen LogP contribution in [0, 0.1) is 11.8 Å². The van der Waals surface area contributed by atoms with E-state index >= 15 is 0 Å². The standard InChI is InChI=1S/C30H42NO6PS/c1-5-37-38(4,35)19-21-8-12-22(13-9-21)27-18-26(28(39-27)30(34)36-3)31(24-14-16-25(32)17-15-24)29(33)23-10-6-20(2)7-11-23/h8-9,12-13,18,20,23-25,32H,5-7,10-11,14-17,19H2,1-4H3/t20-,23-,24-,25-,38?. The zero-order valence-corrected chi connectivity index (χ0v) is 25.3. The summed E-state index contributed by atoms with van der Waals surface area (Å²) in [6.07, 6.45) is 6.50. The number of aliphatic hydroxyl groups excluding tert-OH is 1. The molecule has 0 bridgehead atoms. The minimum absolute atomic E-state index is 0.0590. The SMILES string of the molecule is CCOP(C)(=O)Cc1ccc(-c2cc(N(C(=O)[C@H]3CC[C@H](C)CC3)[C@H]3CC[C@H](O)CC3)c(C(=O)OC)s2)cc1. The predicted molar refractivity (Wildman–Crippen MR) is 157 cm³/mol. The van der Waals surface area contributed by atoms with Crippen molar-refractivity contribution in [2.75, 3.05) is 25.3 Å². The van der Waals surface area contributed by atoms with E-state index in [0.29, 0.717) is 54.9 Å². The third kappa shape index (κ3) is 7.40. The highest BCUT2D eigenvalue weighted by Crippen LogP contribution is 2.47. The minimum Gasteiger partial charge on any atom is -0.465 e. The molecule has 9 heteroatoms. The molecule has 1 amide bonds. The Balaban J connectivity index is 1.69. The fraction of sp³-hybridized carbons (Fsp3) is 0.600.